The number of carbonyl (C=O) groups is 1. The predicted octanol–water partition coefficient (Wildman–Crippen LogP) is 5.23. The zero-order valence-corrected chi connectivity index (χ0v) is 17.7. The number of ether oxygens (including phenoxy) is 3. The van der Waals surface area contributed by atoms with Crippen LogP contribution in [0.15, 0.2) is 59.8 Å². The molecule has 0 N–H and O–H groups in total. The van der Waals surface area contributed by atoms with Gasteiger partial charge in [-0.3, -0.25) is 0 Å². The maximum absolute atomic E-state index is 12.2. The van der Waals surface area contributed by atoms with Crippen LogP contribution >= 0.6 is 11.8 Å². The molecule has 1 aliphatic rings. The maximum Gasteiger partial charge on any atom is 0.341 e. The fourth-order valence-electron chi connectivity index (χ4n) is 2.87. The van der Waals surface area contributed by atoms with Crippen molar-refractivity contribution in [1.82, 2.24) is 0 Å². The monoisotopic (exact) mass is 411 g/mol. The molecule has 0 bridgehead atoms. The number of aliphatic imine (C=N–C) groups is 1. The lowest BCUT2D eigenvalue weighted by Gasteiger charge is -2.12. The van der Waals surface area contributed by atoms with Crippen molar-refractivity contribution in [3.05, 3.63) is 65.9 Å². The van der Waals surface area contributed by atoms with E-state index in [2.05, 4.69) is 0 Å². The molecule has 1 aliphatic carbocycles. The Morgan fingerprint density at radius 3 is 2.45 bits per heavy atom. The van der Waals surface area contributed by atoms with Crippen molar-refractivity contribution in [3.63, 3.8) is 0 Å². The summed E-state index contributed by atoms with van der Waals surface area (Å²) in [7, 11) is 4.55. The van der Waals surface area contributed by atoms with Crippen molar-refractivity contribution in [2.24, 2.45) is 10.9 Å². The summed E-state index contributed by atoms with van der Waals surface area (Å²) in [4.78, 5) is 17.1. The Kier molecular flexibility index (Phi) is 7.36. The number of esters is 1. The number of thioether (sulfide) groups is 1. The van der Waals surface area contributed by atoms with Crippen molar-refractivity contribution in [1.29, 1.82) is 0 Å². The van der Waals surface area contributed by atoms with Crippen LogP contribution in [-0.2, 0) is 20.0 Å². The Labute approximate surface area is 175 Å². The average Bonchev–Trinajstić information content (AvgIpc) is 3.60. The van der Waals surface area contributed by atoms with E-state index >= 15 is 0 Å². The fraction of sp³-hybridized carbons (Fsp3) is 0.304. The summed E-state index contributed by atoms with van der Waals surface area (Å²) in [5.74, 6) is 1.63. The van der Waals surface area contributed by atoms with Gasteiger partial charge in [-0.15, -0.1) is 11.8 Å². The summed E-state index contributed by atoms with van der Waals surface area (Å²) in [6.07, 6.45) is 3.77. The molecule has 0 spiro atoms. The third-order valence-corrected chi connectivity index (χ3v) is 5.74. The van der Waals surface area contributed by atoms with E-state index in [1.54, 1.807) is 18.9 Å². The number of hydrogen-bond donors (Lipinski definition) is 0. The van der Waals surface area contributed by atoms with Crippen molar-refractivity contribution in [3.8, 4) is 5.75 Å². The molecular weight excluding hydrogens is 386 g/mol. The predicted molar refractivity (Wildman–Crippen MR) is 118 cm³/mol. The second kappa shape index (κ2) is 10.2. The van der Waals surface area contributed by atoms with Crippen LogP contribution in [0.25, 0.3) is 5.57 Å². The Morgan fingerprint density at radius 2 is 1.83 bits per heavy atom. The van der Waals surface area contributed by atoms with Crippen molar-refractivity contribution >= 4 is 34.0 Å². The van der Waals surface area contributed by atoms with E-state index in [-0.39, 0.29) is 0 Å². The number of methoxy groups -OCH3 is 3. The van der Waals surface area contributed by atoms with E-state index in [0.29, 0.717) is 17.2 Å². The molecular formula is C23H25NO4S. The first kappa shape index (κ1) is 21.0. The minimum atomic E-state index is -0.418. The fourth-order valence-corrected chi connectivity index (χ4v) is 4.06. The van der Waals surface area contributed by atoms with Crippen molar-refractivity contribution in [2.75, 3.05) is 21.3 Å². The molecule has 5 nitrogen and oxygen atoms in total. The summed E-state index contributed by atoms with van der Waals surface area (Å²) in [5.41, 5.74) is 3.18. The Bertz CT molecular complexity index is 901. The highest BCUT2D eigenvalue weighted by Gasteiger charge is 2.28. The van der Waals surface area contributed by atoms with Gasteiger partial charge in [-0.2, -0.15) is 0 Å². The van der Waals surface area contributed by atoms with Gasteiger partial charge < -0.3 is 14.2 Å². The first-order valence-electron chi connectivity index (χ1n) is 9.41. The summed E-state index contributed by atoms with van der Waals surface area (Å²) < 4.78 is 15.2. The summed E-state index contributed by atoms with van der Waals surface area (Å²) in [6, 6.07) is 15.6. The van der Waals surface area contributed by atoms with Gasteiger partial charge in [-0.05, 0) is 48.2 Å². The minimum Gasteiger partial charge on any atom is -0.503 e. The van der Waals surface area contributed by atoms with Crippen LogP contribution in [0.5, 0.6) is 5.75 Å². The molecule has 2 aromatic rings. The number of rotatable bonds is 8. The second-order valence-electron chi connectivity index (χ2n) is 6.63. The zero-order chi connectivity index (χ0) is 20.6. The van der Waals surface area contributed by atoms with Gasteiger partial charge in [-0.25, -0.2) is 9.79 Å². The average molecular weight is 412 g/mol. The first-order chi connectivity index (χ1) is 14.2. The third-order valence-electron chi connectivity index (χ3n) is 4.56. The Hall–Kier alpha value is -2.73. The normalized spacial score (nSPS) is 14.4. The number of nitrogens with zero attached hydrogens (tertiary/aromatic N) is 1. The lowest BCUT2D eigenvalue weighted by molar-refractivity contribution is -0.133. The molecule has 0 aromatic heterocycles. The van der Waals surface area contributed by atoms with Gasteiger partial charge in [0, 0.05) is 11.7 Å². The summed E-state index contributed by atoms with van der Waals surface area (Å²) in [5, 5.41) is 1.13. The molecule has 0 amide bonds. The van der Waals surface area contributed by atoms with Crippen molar-refractivity contribution in [2.45, 2.75) is 18.6 Å². The van der Waals surface area contributed by atoms with E-state index in [1.165, 1.54) is 33.3 Å². The van der Waals surface area contributed by atoms with Crippen molar-refractivity contribution < 1.29 is 19.0 Å². The van der Waals surface area contributed by atoms with E-state index < -0.39 is 5.97 Å². The Morgan fingerprint density at radius 1 is 1.10 bits per heavy atom. The number of benzene rings is 2. The van der Waals surface area contributed by atoms with E-state index in [0.717, 1.165) is 27.6 Å². The van der Waals surface area contributed by atoms with E-state index in [9.17, 15) is 4.79 Å². The molecule has 152 valence electrons. The van der Waals surface area contributed by atoms with Gasteiger partial charge in [0.1, 0.15) is 11.3 Å². The van der Waals surface area contributed by atoms with E-state index in [4.69, 9.17) is 19.2 Å². The Balaban J connectivity index is 1.81. The molecule has 3 rings (SSSR count). The summed E-state index contributed by atoms with van der Waals surface area (Å²) in [6.45, 7) is 0. The molecule has 29 heavy (non-hydrogen) atoms. The molecule has 0 aliphatic heterocycles. The number of hydrogen-bond acceptors (Lipinski definition) is 6. The van der Waals surface area contributed by atoms with Gasteiger partial charge in [0.25, 0.3) is 0 Å². The lowest BCUT2D eigenvalue weighted by atomic mass is 10.0. The molecule has 0 atom stereocenters. The molecule has 1 saturated carbocycles. The molecule has 0 heterocycles. The van der Waals surface area contributed by atoms with Gasteiger partial charge in [0.15, 0.2) is 0 Å². The molecule has 0 saturated heterocycles. The highest BCUT2D eigenvalue weighted by atomic mass is 32.2. The SMILES string of the molecule is CO/C=C(\C(=O)OC)c1ccccc1CSC(=Nc1ccc(OC)cc1)C1CC1. The summed E-state index contributed by atoms with van der Waals surface area (Å²) >= 11 is 1.72. The molecule has 0 radical (unpaired) electrons. The smallest absolute Gasteiger partial charge is 0.341 e. The van der Waals surface area contributed by atoms with Crippen LogP contribution in [0.1, 0.15) is 24.0 Å². The lowest BCUT2D eigenvalue weighted by Crippen LogP contribution is -2.07. The number of carbonyl (C=O) groups excluding carboxylic acids is 1. The standard InChI is InChI=1S/C23H25NO4S/c1-26-14-21(23(25)28-3)20-7-5-4-6-17(20)15-29-22(16-8-9-16)24-18-10-12-19(27-2)13-11-18/h4-7,10-14,16H,8-9,15H2,1-3H3/b21-14-,24-22?. The molecule has 2 aromatic carbocycles. The van der Waals surface area contributed by atoms with Crippen LogP contribution in [-0.4, -0.2) is 32.3 Å². The first-order valence-corrected chi connectivity index (χ1v) is 10.4. The van der Waals surface area contributed by atoms with Gasteiger partial charge >= 0.3 is 5.97 Å². The largest absolute Gasteiger partial charge is 0.503 e. The van der Waals surface area contributed by atoms with Gasteiger partial charge in [0.2, 0.25) is 0 Å². The van der Waals surface area contributed by atoms with Gasteiger partial charge in [-0.1, -0.05) is 24.3 Å². The molecule has 1 fully saturated rings. The van der Waals surface area contributed by atoms with E-state index in [1.807, 2.05) is 48.5 Å². The molecule has 6 heteroatoms. The molecule has 0 unspecified atom stereocenters. The second-order valence-corrected chi connectivity index (χ2v) is 7.62. The van der Waals surface area contributed by atoms with Crippen LogP contribution in [0.2, 0.25) is 0 Å². The topological polar surface area (TPSA) is 57.1 Å². The van der Waals surface area contributed by atoms with Crippen LogP contribution < -0.4 is 4.74 Å². The van der Waals surface area contributed by atoms with Crippen LogP contribution in [0, 0.1) is 5.92 Å². The van der Waals surface area contributed by atoms with Crippen LogP contribution in [0.4, 0.5) is 5.69 Å². The van der Waals surface area contributed by atoms with Crippen LogP contribution in [0.3, 0.4) is 0 Å². The minimum absolute atomic E-state index is 0.409. The third kappa shape index (κ3) is 5.64. The highest BCUT2D eigenvalue weighted by molar-refractivity contribution is 8.13. The highest BCUT2D eigenvalue weighted by Crippen LogP contribution is 2.38. The quantitative estimate of drug-likeness (QED) is 0.196. The zero-order valence-electron chi connectivity index (χ0n) is 16.9. The van der Waals surface area contributed by atoms with Gasteiger partial charge in [0.05, 0.1) is 38.3 Å². The maximum atomic E-state index is 12.2.